The Hall–Kier alpha value is -3.23. The van der Waals surface area contributed by atoms with Gasteiger partial charge < -0.3 is 15.0 Å². The number of piperidine rings is 1. The number of hydrogen-bond donors (Lipinski definition) is 1. The predicted molar refractivity (Wildman–Crippen MR) is 123 cm³/mol. The van der Waals surface area contributed by atoms with Crippen molar-refractivity contribution in [2.75, 3.05) is 29.9 Å². The van der Waals surface area contributed by atoms with Gasteiger partial charge in [-0.15, -0.1) is 0 Å². The summed E-state index contributed by atoms with van der Waals surface area (Å²) in [6.07, 6.45) is 4.16. The van der Waals surface area contributed by atoms with Gasteiger partial charge in [0.05, 0.1) is 17.6 Å². The molecule has 9 heteroatoms. The summed E-state index contributed by atoms with van der Waals surface area (Å²) >= 11 is 0. The molecular weight excluding hydrogens is 425 g/mol. The lowest BCUT2D eigenvalue weighted by molar-refractivity contribution is 0.0719. The Bertz CT molecular complexity index is 1020. The number of carbonyl (C=O) groups excluding carboxylic acids is 2. The van der Waals surface area contributed by atoms with Crippen LogP contribution >= 0.6 is 0 Å². The van der Waals surface area contributed by atoms with Crippen LogP contribution in [0, 0.1) is 11.7 Å². The monoisotopic (exact) mass is 455 g/mol. The summed E-state index contributed by atoms with van der Waals surface area (Å²) < 4.78 is 20.0. The SMILES string of the molecule is CC(C)C1COC(=O)N1c1ccnc(N[C@@H](C)c2ccc(C(=O)N3CCCCC3)c(F)c2)n1. The molecule has 2 saturated heterocycles. The number of amides is 2. The number of carbonyl (C=O) groups is 2. The highest BCUT2D eigenvalue weighted by Crippen LogP contribution is 2.27. The minimum Gasteiger partial charge on any atom is -0.447 e. The van der Waals surface area contributed by atoms with Crippen molar-refractivity contribution in [2.45, 2.75) is 52.1 Å². The molecule has 2 fully saturated rings. The summed E-state index contributed by atoms with van der Waals surface area (Å²) in [5, 5.41) is 3.16. The number of rotatable bonds is 6. The number of aromatic nitrogens is 2. The molecule has 2 aromatic rings. The first-order valence-electron chi connectivity index (χ1n) is 11.5. The van der Waals surface area contributed by atoms with Crippen LogP contribution in [-0.4, -0.2) is 52.6 Å². The van der Waals surface area contributed by atoms with E-state index >= 15 is 0 Å². The van der Waals surface area contributed by atoms with Crippen molar-refractivity contribution in [1.82, 2.24) is 14.9 Å². The van der Waals surface area contributed by atoms with Crippen LogP contribution in [0.25, 0.3) is 0 Å². The van der Waals surface area contributed by atoms with Crippen LogP contribution in [0.1, 0.15) is 62.0 Å². The summed E-state index contributed by atoms with van der Waals surface area (Å²) in [6, 6.07) is 5.92. The highest BCUT2D eigenvalue weighted by atomic mass is 19.1. The summed E-state index contributed by atoms with van der Waals surface area (Å²) in [6.45, 7) is 7.58. The largest absolute Gasteiger partial charge is 0.447 e. The van der Waals surface area contributed by atoms with E-state index in [0.717, 1.165) is 19.3 Å². The smallest absolute Gasteiger partial charge is 0.415 e. The Kier molecular flexibility index (Phi) is 6.76. The fourth-order valence-electron chi connectivity index (χ4n) is 4.26. The normalized spacial score (nSPS) is 19.5. The molecule has 1 unspecified atom stereocenters. The summed E-state index contributed by atoms with van der Waals surface area (Å²) in [7, 11) is 0. The van der Waals surface area contributed by atoms with Crippen LogP contribution in [0.4, 0.5) is 21.0 Å². The van der Waals surface area contributed by atoms with Crippen LogP contribution in [0.3, 0.4) is 0 Å². The number of anilines is 2. The molecule has 1 N–H and O–H groups in total. The molecule has 2 aliphatic heterocycles. The van der Waals surface area contributed by atoms with Crippen LogP contribution in [-0.2, 0) is 4.74 Å². The number of nitrogens with one attached hydrogen (secondary N) is 1. The van der Waals surface area contributed by atoms with Gasteiger partial charge in [-0.1, -0.05) is 19.9 Å². The number of cyclic esters (lactones) is 1. The predicted octanol–water partition coefficient (Wildman–Crippen LogP) is 4.40. The molecule has 2 atom stereocenters. The maximum Gasteiger partial charge on any atom is 0.415 e. The van der Waals surface area contributed by atoms with Crippen LogP contribution in [0.2, 0.25) is 0 Å². The molecule has 8 nitrogen and oxygen atoms in total. The second-order valence-corrected chi connectivity index (χ2v) is 8.95. The molecule has 0 bridgehead atoms. The Morgan fingerprint density at radius 3 is 2.64 bits per heavy atom. The fourth-order valence-corrected chi connectivity index (χ4v) is 4.26. The van der Waals surface area contributed by atoms with E-state index in [1.54, 1.807) is 34.2 Å². The Morgan fingerprint density at radius 2 is 1.94 bits per heavy atom. The first-order chi connectivity index (χ1) is 15.8. The van der Waals surface area contributed by atoms with Gasteiger partial charge in [-0.25, -0.2) is 14.2 Å². The minimum absolute atomic E-state index is 0.0957. The molecule has 2 amide bonds. The molecule has 0 spiro atoms. The van der Waals surface area contributed by atoms with Gasteiger partial charge >= 0.3 is 6.09 Å². The van der Waals surface area contributed by atoms with Gasteiger partial charge in [0.2, 0.25) is 5.95 Å². The molecule has 33 heavy (non-hydrogen) atoms. The first kappa shape index (κ1) is 22.9. The van der Waals surface area contributed by atoms with Crippen molar-refractivity contribution in [3.63, 3.8) is 0 Å². The molecule has 1 aromatic heterocycles. The molecular formula is C24H30FN5O3. The quantitative estimate of drug-likeness (QED) is 0.695. The van der Waals surface area contributed by atoms with Crippen LogP contribution < -0.4 is 10.2 Å². The van der Waals surface area contributed by atoms with Crippen molar-refractivity contribution in [3.8, 4) is 0 Å². The first-order valence-corrected chi connectivity index (χ1v) is 11.5. The second-order valence-electron chi connectivity index (χ2n) is 8.95. The Morgan fingerprint density at radius 1 is 1.18 bits per heavy atom. The summed E-state index contributed by atoms with van der Waals surface area (Å²) in [5.74, 6) is 0.181. The zero-order valence-electron chi connectivity index (χ0n) is 19.3. The highest BCUT2D eigenvalue weighted by Gasteiger charge is 2.37. The average Bonchev–Trinajstić information content (AvgIpc) is 3.21. The van der Waals surface area contributed by atoms with Gasteiger partial charge in [0.25, 0.3) is 5.91 Å². The van der Waals surface area contributed by atoms with Crippen molar-refractivity contribution in [1.29, 1.82) is 0 Å². The molecule has 2 aliphatic rings. The van der Waals surface area contributed by atoms with Crippen molar-refractivity contribution in [3.05, 3.63) is 47.4 Å². The Labute approximate surface area is 193 Å². The molecule has 176 valence electrons. The summed E-state index contributed by atoms with van der Waals surface area (Å²) in [5.41, 5.74) is 0.760. The van der Waals surface area contributed by atoms with Crippen LogP contribution in [0.5, 0.6) is 0 Å². The van der Waals surface area contributed by atoms with Gasteiger partial charge in [-0.05, 0) is 55.9 Å². The van der Waals surface area contributed by atoms with Gasteiger partial charge in [-0.2, -0.15) is 4.98 Å². The van der Waals surface area contributed by atoms with Gasteiger partial charge in [0.15, 0.2) is 0 Å². The van der Waals surface area contributed by atoms with E-state index in [2.05, 4.69) is 15.3 Å². The van der Waals surface area contributed by atoms with Crippen LogP contribution in [0.15, 0.2) is 30.5 Å². The number of halogens is 1. The van der Waals surface area contributed by atoms with Crippen molar-refractivity contribution < 1.29 is 18.7 Å². The molecule has 0 aliphatic carbocycles. The highest BCUT2D eigenvalue weighted by molar-refractivity contribution is 5.94. The van der Waals surface area contributed by atoms with E-state index in [-0.39, 0.29) is 29.5 Å². The zero-order valence-corrected chi connectivity index (χ0v) is 19.3. The average molecular weight is 456 g/mol. The van der Waals surface area contributed by atoms with Gasteiger partial charge in [0, 0.05) is 19.3 Å². The third-order valence-corrected chi connectivity index (χ3v) is 6.28. The van der Waals surface area contributed by atoms with E-state index in [1.807, 2.05) is 20.8 Å². The van der Waals surface area contributed by atoms with E-state index in [0.29, 0.717) is 37.0 Å². The molecule has 3 heterocycles. The van der Waals surface area contributed by atoms with E-state index < -0.39 is 11.9 Å². The van der Waals surface area contributed by atoms with Gasteiger partial charge in [0.1, 0.15) is 18.2 Å². The number of nitrogens with zero attached hydrogens (tertiary/aromatic N) is 4. The number of hydrogen-bond acceptors (Lipinski definition) is 6. The zero-order chi connectivity index (χ0) is 23.5. The van der Waals surface area contributed by atoms with Crippen molar-refractivity contribution in [2.24, 2.45) is 5.92 Å². The number of likely N-dealkylation sites (tertiary alicyclic amines) is 1. The van der Waals surface area contributed by atoms with Crippen molar-refractivity contribution >= 4 is 23.8 Å². The lowest BCUT2D eigenvalue weighted by Gasteiger charge is -2.27. The minimum atomic E-state index is -0.536. The third kappa shape index (κ3) is 4.91. The molecule has 0 radical (unpaired) electrons. The lowest BCUT2D eigenvalue weighted by Crippen LogP contribution is -2.37. The Balaban J connectivity index is 1.48. The molecule has 1 aromatic carbocycles. The standard InChI is InChI=1S/C24H30FN5O3/c1-15(2)20-14-33-24(32)30(20)21-9-10-26-23(28-21)27-16(3)17-7-8-18(19(25)13-17)22(31)29-11-5-4-6-12-29/h7-10,13,15-16,20H,4-6,11-12,14H2,1-3H3,(H,26,27,28)/t16-,20?/m0/s1. The van der Waals surface area contributed by atoms with E-state index in [1.165, 1.54) is 6.07 Å². The topological polar surface area (TPSA) is 87.7 Å². The van der Waals surface area contributed by atoms with Gasteiger partial charge in [-0.3, -0.25) is 9.69 Å². The summed E-state index contributed by atoms with van der Waals surface area (Å²) in [4.78, 5) is 36.9. The maximum absolute atomic E-state index is 14.8. The fraction of sp³-hybridized carbons (Fsp3) is 0.500. The maximum atomic E-state index is 14.8. The van der Waals surface area contributed by atoms with E-state index in [9.17, 15) is 14.0 Å². The van der Waals surface area contributed by atoms with E-state index in [4.69, 9.17) is 4.74 Å². The third-order valence-electron chi connectivity index (χ3n) is 6.28. The number of ether oxygens (including phenoxy) is 1. The number of benzene rings is 1. The molecule has 4 rings (SSSR count). The molecule has 0 saturated carbocycles. The lowest BCUT2D eigenvalue weighted by atomic mass is 10.0. The second kappa shape index (κ2) is 9.72.